The van der Waals surface area contributed by atoms with Gasteiger partial charge in [-0.05, 0) is 48.7 Å². The van der Waals surface area contributed by atoms with E-state index < -0.39 is 10.0 Å². The number of carbonyl (C=O) groups excluding carboxylic acids is 1. The molecule has 2 aromatic heterocycles. The lowest BCUT2D eigenvalue weighted by Gasteiger charge is -2.13. The predicted octanol–water partition coefficient (Wildman–Crippen LogP) is 4.16. The van der Waals surface area contributed by atoms with Gasteiger partial charge in [0, 0.05) is 31.3 Å². The van der Waals surface area contributed by atoms with Gasteiger partial charge in [0.05, 0.1) is 22.8 Å². The second-order valence-corrected chi connectivity index (χ2v) is 12.1. The predicted molar refractivity (Wildman–Crippen MR) is 169 cm³/mol. The van der Waals surface area contributed by atoms with E-state index in [2.05, 4.69) is 14.8 Å². The van der Waals surface area contributed by atoms with Gasteiger partial charge in [-0.15, -0.1) is 0 Å². The number of anilines is 1. The van der Waals surface area contributed by atoms with Crippen LogP contribution >= 0.6 is 0 Å². The highest BCUT2D eigenvalue weighted by Crippen LogP contribution is 2.31. The van der Waals surface area contributed by atoms with Crippen molar-refractivity contribution in [2.24, 2.45) is 7.05 Å². The number of aromatic nitrogens is 4. The third kappa shape index (κ3) is 6.41. The molecule has 0 spiro atoms. The Hall–Kier alpha value is -4.81. The number of fused-ring (bicyclic) bond motifs is 1. The van der Waals surface area contributed by atoms with Gasteiger partial charge in [0.25, 0.3) is 5.56 Å². The molecule has 0 radical (unpaired) electrons. The lowest BCUT2D eigenvalue weighted by atomic mass is 10.0. The molecule has 12 heteroatoms. The number of para-hydroxylation sites is 1. The summed E-state index contributed by atoms with van der Waals surface area (Å²) in [6.07, 6.45) is 1.63. The van der Waals surface area contributed by atoms with Gasteiger partial charge in [0.2, 0.25) is 10.0 Å². The number of nitrogens with one attached hydrogen (secondary N) is 2. The molecular formula is C32H34N6O5S. The molecule has 44 heavy (non-hydrogen) atoms. The summed E-state index contributed by atoms with van der Waals surface area (Å²) in [7, 11) is -2.29. The van der Waals surface area contributed by atoms with E-state index in [9.17, 15) is 18.0 Å². The summed E-state index contributed by atoms with van der Waals surface area (Å²) in [5.74, 6) is 0.480. The zero-order valence-corrected chi connectivity index (χ0v) is 25.6. The number of ketones is 1. The highest BCUT2D eigenvalue weighted by atomic mass is 32.2. The fourth-order valence-corrected chi connectivity index (χ4v) is 6.01. The number of ether oxygens (including phenoxy) is 1. The number of nitrogen functional groups attached to an aromatic ring is 1. The van der Waals surface area contributed by atoms with Crippen LogP contribution in [0.5, 0.6) is 5.75 Å². The van der Waals surface area contributed by atoms with Gasteiger partial charge in [-0.2, -0.15) is 5.10 Å². The summed E-state index contributed by atoms with van der Waals surface area (Å²) < 4.78 is 36.6. The van der Waals surface area contributed by atoms with Crippen LogP contribution in [0, 0.1) is 0 Å². The zero-order chi connectivity index (χ0) is 31.4. The minimum atomic E-state index is -3.98. The van der Waals surface area contributed by atoms with Crippen LogP contribution in [0.1, 0.15) is 47.4 Å². The smallest absolute Gasteiger partial charge is 0.277 e. The fraction of sp³-hybridized carbons (Fsp3) is 0.250. The van der Waals surface area contributed by atoms with Crippen LogP contribution in [0.2, 0.25) is 0 Å². The average molecular weight is 615 g/mol. The highest BCUT2D eigenvalue weighted by Gasteiger charge is 2.21. The van der Waals surface area contributed by atoms with Crippen molar-refractivity contribution >= 4 is 32.5 Å². The monoisotopic (exact) mass is 614 g/mol. The maximum absolute atomic E-state index is 13.4. The number of H-pyrrole nitrogens is 1. The molecule has 0 saturated carbocycles. The molecule has 4 N–H and O–H groups in total. The van der Waals surface area contributed by atoms with E-state index in [1.807, 2.05) is 32.0 Å². The molecule has 0 aliphatic heterocycles. The molecule has 0 atom stereocenters. The van der Waals surface area contributed by atoms with Crippen molar-refractivity contribution in [3.05, 3.63) is 99.5 Å². The first-order chi connectivity index (χ1) is 21.1. The van der Waals surface area contributed by atoms with Crippen LogP contribution in [-0.2, 0) is 36.5 Å². The van der Waals surface area contributed by atoms with E-state index >= 15 is 0 Å². The van der Waals surface area contributed by atoms with E-state index in [0.29, 0.717) is 57.9 Å². The summed E-state index contributed by atoms with van der Waals surface area (Å²) in [5.41, 5.74) is 9.91. The maximum Gasteiger partial charge on any atom is 0.277 e. The molecule has 0 aliphatic carbocycles. The van der Waals surface area contributed by atoms with Gasteiger partial charge in [0.15, 0.2) is 11.3 Å². The van der Waals surface area contributed by atoms with Gasteiger partial charge in [-0.3, -0.25) is 14.3 Å². The number of hydrogen-bond donors (Lipinski definition) is 3. The number of carbonyl (C=O) groups is 1. The van der Waals surface area contributed by atoms with Gasteiger partial charge in [0.1, 0.15) is 17.1 Å². The van der Waals surface area contributed by atoms with Crippen LogP contribution in [0.15, 0.2) is 76.4 Å². The Bertz CT molecular complexity index is 2000. The van der Waals surface area contributed by atoms with Gasteiger partial charge in [-0.25, -0.2) is 18.1 Å². The van der Waals surface area contributed by atoms with E-state index in [1.165, 1.54) is 16.8 Å². The molecule has 11 nitrogen and oxygen atoms in total. The van der Waals surface area contributed by atoms with Gasteiger partial charge >= 0.3 is 0 Å². The second kappa shape index (κ2) is 12.8. The number of nitrogens with zero attached hydrogens (tertiary/aromatic N) is 3. The molecule has 5 rings (SSSR count). The molecule has 2 heterocycles. The van der Waals surface area contributed by atoms with Crippen LogP contribution in [-0.4, -0.2) is 40.6 Å². The van der Waals surface area contributed by atoms with Gasteiger partial charge in [-0.1, -0.05) is 55.8 Å². The van der Waals surface area contributed by atoms with Crippen molar-refractivity contribution in [3.63, 3.8) is 0 Å². The SMILES string of the molecule is CCCc1nn(C)c2c(=O)[nH]c(-c3cc(S(=O)(=O)NCc4ccc(C(=O)Cc5ccccc5N)cc4)ccc3OCC)nc12. The zero-order valence-electron chi connectivity index (χ0n) is 24.8. The van der Waals surface area contributed by atoms with E-state index in [1.54, 1.807) is 43.4 Å². The maximum atomic E-state index is 13.4. The van der Waals surface area contributed by atoms with Crippen molar-refractivity contribution < 1.29 is 17.9 Å². The number of rotatable bonds is 12. The summed E-state index contributed by atoms with van der Waals surface area (Å²) in [6.45, 7) is 4.16. The molecule has 5 aromatic rings. The van der Waals surface area contributed by atoms with E-state index in [-0.39, 0.29) is 35.0 Å². The molecule has 3 aromatic carbocycles. The van der Waals surface area contributed by atoms with Crippen LogP contribution < -0.4 is 20.8 Å². The molecular weight excluding hydrogens is 580 g/mol. The minimum absolute atomic E-state index is 0.00207. The van der Waals surface area contributed by atoms with Crippen molar-refractivity contribution in [3.8, 4) is 17.1 Å². The Balaban J connectivity index is 1.38. The van der Waals surface area contributed by atoms with E-state index in [4.69, 9.17) is 15.5 Å². The van der Waals surface area contributed by atoms with Gasteiger partial charge < -0.3 is 15.5 Å². The lowest BCUT2D eigenvalue weighted by Crippen LogP contribution is -2.23. The minimum Gasteiger partial charge on any atom is -0.493 e. The molecule has 0 fully saturated rings. The molecule has 0 bridgehead atoms. The standard InChI is InChI=1S/C32H34N6O5S/c1-4-8-26-29-30(38(3)37-26)32(40)36-31(35-29)24-18-23(15-16-28(24)43-5-2)44(41,42)34-19-20-11-13-21(14-12-20)27(39)17-22-9-6-7-10-25(22)33/h6-7,9-16,18,34H,4-5,8,17,19,33H2,1-3H3,(H,35,36,40). The van der Waals surface area contributed by atoms with Crippen LogP contribution in [0.4, 0.5) is 5.69 Å². The number of hydrogen-bond acceptors (Lipinski definition) is 8. The first-order valence-electron chi connectivity index (χ1n) is 14.3. The first kappa shape index (κ1) is 30.6. The number of sulfonamides is 1. The highest BCUT2D eigenvalue weighted by molar-refractivity contribution is 7.89. The normalized spacial score (nSPS) is 11.6. The second-order valence-electron chi connectivity index (χ2n) is 10.3. The van der Waals surface area contributed by atoms with Crippen LogP contribution in [0.25, 0.3) is 22.4 Å². The number of Topliss-reactive ketones (excluding diaryl/α,β-unsaturated/α-hetero) is 1. The third-order valence-electron chi connectivity index (χ3n) is 7.21. The molecule has 228 valence electrons. The van der Waals surface area contributed by atoms with Crippen LogP contribution in [0.3, 0.4) is 0 Å². The van der Waals surface area contributed by atoms with Crippen molar-refractivity contribution in [1.82, 2.24) is 24.5 Å². The molecule has 0 unspecified atom stereocenters. The van der Waals surface area contributed by atoms with Crippen molar-refractivity contribution in [2.45, 2.75) is 44.6 Å². The Morgan fingerprint density at radius 1 is 1.07 bits per heavy atom. The Morgan fingerprint density at radius 2 is 1.82 bits per heavy atom. The van der Waals surface area contributed by atoms with Crippen molar-refractivity contribution in [2.75, 3.05) is 12.3 Å². The number of nitrogens with two attached hydrogens (primary N) is 1. The first-order valence-corrected chi connectivity index (χ1v) is 15.8. The summed E-state index contributed by atoms with van der Waals surface area (Å²) in [6, 6.07) is 18.4. The molecule has 0 saturated heterocycles. The average Bonchev–Trinajstić information content (AvgIpc) is 3.33. The fourth-order valence-electron chi connectivity index (χ4n) is 4.96. The quantitative estimate of drug-likeness (QED) is 0.139. The third-order valence-corrected chi connectivity index (χ3v) is 8.61. The topological polar surface area (TPSA) is 162 Å². The summed E-state index contributed by atoms with van der Waals surface area (Å²) in [5, 5.41) is 4.45. The lowest BCUT2D eigenvalue weighted by molar-refractivity contribution is 0.0993. The van der Waals surface area contributed by atoms with Crippen molar-refractivity contribution in [1.29, 1.82) is 0 Å². The summed E-state index contributed by atoms with van der Waals surface area (Å²) >= 11 is 0. The number of aromatic amines is 1. The Labute approximate surface area is 255 Å². The Kier molecular flexibility index (Phi) is 8.93. The summed E-state index contributed by atoms with van der Waals surface area (Å²) in [4.78, 5) is 33.2. The van der Waals surface area contributed by atoms with E-state index in [0.717, 1.165) is 12.0 Å². The molecule has 0 amide bonds. The number of aryl methyl sites for hydroxylation is 2. The largest absolute Gasteiger partial charge is 0.493 e. The molecule has 0 aliphatic rings. The Morgan fingerprint density at radius 3 is 2.52 bits per heavy atom. The number of benzene rings is 3.